The van der Waals surface area contributed by atoms with Crippen LogP contribution in [0.2, 0.25) is 5.02 Å². The summed E-state index contributed by atoms with van der Waals surface area (Å²) in [5, 5.41) is 0.705. The Labute approximate surface area is 77.5 Å². The number of hydrogen-bond acceptors (Lipinski definition) is 2. The first-order valence-corrected chi connectivity index (χ1v) is 4.37. The Balaban J connectivity index is 2.78. The minimum atomic E-state index is 0.643. The number of rotatable bonds is 3. The summed E-state index contributed by atoms with van der Waals surface area (Å²) in [6.07, 6.45) is 2.63. The predicted molar refractivity (Wildman–Crippen MR) is 49.8 cm³/mol. The summed E-state index contributed by atoms with van der Waals surface area (Å²) in [6.45, 7) is 4.65. The molecule has 1 aromatic heterocycles. The molecule has 1 heterocycles. The van der Waals surface area contributed by atoms with Crippen molar-refractivity contribution < 1.29 is 4.74 Å². The third-order valence-corrected chi connectivity index (χ3v) is 1.94. The second-order valence-corrected chi connectivity index (χ2v) is 2.98. The number of ether oxygens (including phenoxy) is 1. The molecule has 0 bridgehead atoms. The minimum Gasteiger partial charge on any atom is -0.477 e. The van der Waals surface area contributed by atoms with Crippen LogP contribution in [0.1, 0.15) is 18.9 Å². The highest BCUT2D eigenvalue weighted by Crippen LogP contribution is 2.22. The van der Waals surface area contributed by atoms with Crippen LogP contribution in [0, 0.1) is 6.92 Å². The van der Waals surface area contributed by atoms with Gasteiger partial charge in [0, 0.05) is 11.8 Å². The van der Waals surface area contributed by atoms with Gasteiger partial charge in [-0.1, -0.05) is 18.5 Å². The Morgan fingerprint density at radius 1 is 1.58 bits per heavy atom. The van der Waals surface area contributed by atoms with Gasteiger partial charge in [-0.25, -0.2) is 4.98 Å². The zero-order chi connectivity index (χ0) is 8.97. The normalized spacial score (nSPS) is 9.92. The third-order valence-electron chi connectivity index (χ3n) is 1.53. The van der Waals surface area contributed by atoms with E-state index in [0.29, 0.717) is 17.5 Å². The van der Waals surface area contributed by atoms with Gasteiger partial charge in [0.05, 0.1) is 11.6 Å². The first-order valence-electron chi connectivity index (χ1n) is 3.99. The molecule has 0 saturated heterocycles. The molecule has 0 aliphatic rings. The molecule has 0 fully saturated rings. The van der Waals surface area contributed by atoms with E-state index < -0.39 is 0 Å². The van der Waals surface area contributed by atoms with Crippen LogP contribution in [0.4, 0.5) is 0 Å². The summed E-state index contributed by atoms with van der Waals surface area (Å²) < 4.78 is 5.37. The van der Waals surface area contributed by atoms with E-state index in [-0.39, 0.29) is 0 Å². The van der Waals surface area contributed by atoms with Crippen LogP contribution in [0.3, 0.4) is 0 Å². The lowest BCUT2D eigenvalue weighted by molar-refractivity contribution is 0.303. The topological polar surface area (TPSA) is 22.1 Å². The molecule has 0 saturated carbocycles. The second-order valence-electron chi connectivity index (χ2n) is 2.57. The highest BCUT2D eigenvalue weighted by atomic mass is 35.5. The smallest absolute Gasteiger partial charge is 0.217 e. The fourth-order valence-electron chi connectivity index (χ4n) is 0.839. The van der Waals surface area contributed by atoms with Gasteiger partial charge < -0.3 is 4.74 Å². The quantitative estimate of drug-likeness (QED) is 0.723. The highest BCUT2D eigenvalue weighted by Gasteiger charge is 2.03. The van der Waals surface area contributed by atoms with Gasteiger partial charge in [0.25, 0.3) is 0 Å². The van der Waals surface area contributed by atoms with E-state index in [4.69, 9.17) is 16.3 Å². The summed E-state index contributed by atoms with van der Waals surface area (Å²) in [5.74, 6) is 0.643. The monoisotopic (exact) mass is 185 g/mol. The largest absolute Gasteiger partial charge is 0.477 e. The summed E-state index contributed by atoms with van der Waals surface area (Å²) in [7, 11) is 0. The summed E-state index contributed by atoms with van der Waals surface area (Å²) >= 11 is 5.87. The zero-order valence-electron chi connectivity index (χ0n) is 7.30. The molecule has 0 aliphatic carbocycles. The van der Waals surface area contributed by atoms with Crippen molar-refractivity contribution >= 4 is 11.6 Å². The molecular weight excluding hydrogens is 174 g/mol. The number of aromatic nitrogens is 1. The summed E-state index contributed by atoms with van der Waals surface area (Å²) in [4.78, 5) is 4.07. The van der Waals surface area contributed by atoms with Crippen LogP contribution in [0.25, 0.3) is 0 Å². The van der Waals surface area contributed by atoms with Crippen molar-refractivity contribution in [3.05, 3.63) is 22.8 Å². The molecule has 3 heteroatoms. The van der Waals surface area contributed by atoms with Gasteiger partial charge in [-0.3, -0.25) is 0 Å². The average Bonchev–Trinajstić information content (AvgIpc) is 2.08. The fraction of sp³-hybridized carbons (Fsp3) is 0.444. The minimum absolute atomic E-state index is 0.643. The van der Waals surface area contributed by atoms with Gasteiger partial charge in [-0.05, 0) is 19.4 Å². The van der Waals surface area contributed by atoms with Crippen LogP contribution in [-0.4, -0.2) is 11.6 Å². The number of nitrogens with zero attached hydrogens (tertiary/aromatic N) is 1. The molecule has 1 rings (SSSR count). The Hall–Kier alpha value is -0.760. The molecule has 2 nitrogen and oxygen atoms in total. The van der Waals surface area contributed by atoms with E-state index in [0.717, 1.165) is 12.0 Å². The van der Waals surface area contributed by atoms with Gasteiger partial charge >= 0.3 is 0 Å². The van der Waals surface area contributed by atoms with E-state index in [1.165, 1.54) is 0 Å². The maximum atomic E-state index is 5.87. The fourth-order valence-corrected chi connectivity index (χ4v) is 0.976. The first kappa shape index (κ1) is 9.33. The zero-order valence-corrected chi connectivity index (χ0v) is 8.06. The van der Waals surface area contributed by atoms with Gasteiger partial charge in [-0.2, -0.15) is 0 Å². The number of halogens is 1. The van der Waals surface area contributed by atoms with Crippen LogP contribution in [0.5, 0.6) is 5.88 Å². The van der Waals surface area contributed by atoms with Gasteiger partial charge in [0.1, 0.15) is 0 Å². The van der Waals surface area contributed by atoms with Crippen molar-refractivity contribution in [1.82, 2.24) is 4.98 Å². The second kappa shape index (κ2) is 4.31. The van der Waals surface area contributed by atoms with E-state index in [9.17, 15) is 0 Å². The van der Waals surface area contributed by atoms with Gasteiger partial charge in [-0.15, -0.1) is 0 Å². The maximum Gasteiger partial charge on any atom is 0.217 e. The summed E-state index contributed by atoms with van der Waals surface area (Å²) in [6, 6.07) is 1.76. The van der Waals surface area contributed by atoms with Crippen molar-refractivity contribution in [2.75, 3.05) is 6.61 Å². The van der Waals surface area contributed by atoms with E-state index in [1.54, 1.807) is 12.3 Å². The standard InChI is InChI=1S/C9H12ClNO/c1-3-6-12-9-7(2)8(10)4-5-11-9/h4-5H,3,6H2,1-2H3. The lowest BCUT2D eigenvalue weighted by atomic mass is 10.3. The Morgan fingerprint density at radius 2 is 2.33 bits per heavy atom. The molecule has 0 spiro atoms. The van der Waals surface area contributed by atoms with Crippen molar-refractivity contribution in [3.8, 4) is 5.88 Å². The van der Waals surface area contributed by atoms with Gasteiger partial charge in [0.2, 0.25) is 5.88 Å². The predicted octanol–water partition coefficient (Wildman–Crippen LogP) is 2.83. The van der Waals surface area contributed by atoms with E-state index >= 15 is 0 Å². The lowest BCUT2D eigenvalue weighted by Gasteiger charge is -2.06. The van der Waals surface area contributed by atoms with Crippen molar-refractivity contribution in [2.45, 2.75) is 20.3 Å². The average molecular weight is 186 g/mol. The van der Waals surface area contributed by atoms with Crippen LogP contribution in [0.15, 0.2) is 12.3 Å². The van der Waals surface area contributed by atoms with Crippen molar-refractivity contribution in [3.63, 3.8) is 0 Å². The Kier molecular flexibility index (Phi) is 3.35. The molecule has 0 radical (unpaired) electrons. The summed E-state index contributed by atoms with van der Waals surface area (Å²) in [5.41, 5.74) is 0.910. The molecule has 0 atom stereocenters. The molecule has 12 heavy (non-hydrogen) atoms. The van der Waals surface area contributed by atoms with Crippen LogP contribution in [-0.2, 0) is 0 Å². The Bertz CT molecular complexity index is 263. The van der Waals surface area contributed by atoms with Crippen LogP contribution < -0.4 is 4.74 Å². The lowest BCUT2D eigenvalue weighted by Crippen LogP contribution is -1.99. The third kappa shape index (κ3) is 2.11. The molecular formula is C9H12ClNO. The molecule has 66 valence electrons. The highest BCUT2D eigenvalue weighted by molar-refractivity contribution is 6.31. The van der Waals surface area contributed by atoms with Crippen molar-refractivity contribution in [1.29, 1.82) is 0 Å². The van der Waals surface area contributed by atoms with Crippen molar-refractivity contribution in [2.24, 2.45) is 0 Å². The molecule has 0 N–H and O–H groups in total. The van der Waals surface area contributed by atoms with Gasteiger partial charge in [0.15, 0.2) is 0 Å². The molecule has 1 aromatic rings. The maximum absolute atomic E-state index is 5.87. The molecule has 0 amide bonds. The molecule has 0 unspecified atom stereocenters. The molecule has 0 aliphatic heterocycles. The Morgan fingerprint density at radius 3 is 3.00 bits per heavy atom. The first-order chi connectivity index (χ1) is 5.75. The van der Waals surface area contributed by atoms with E-state index in [2.05, 4.69) is 11.9 Å². The SMILES string of the molecule is CCCOc1nccc(Cl)c1C. The number of hydrogen-bond donors (Lipinski definition) is 0. The molecule has 0 aromatic carbocycles. The van der Waals surface area contributed by atoms with E-state index in [1.807, 2.05) is 6.92 Å². The number of pyridine rings is 1. The van der Waals surface area contributed by atoms with Crippen LogP contribution >= 0.6 is 11.6 Å².